The summed E-state index contributed by atoms with van der Waals surface area (Å²) in [6.07, 6.45) is -8.55. The van der Waals surface area contributed by atoms with Crippen LogP contribution in [0.3, 0.4) is 0 Å². The van der Waals surface area contributed by atoms with Crippen LogP contribution in [0.15, 0.2) is 127 Å². The maximum atomic E-state index is 12.7. The Balaban J connectivity index is 0.00000149. The van der Waals surface area contributed by atoms with Gasteiger partial charge in [0.05, 0.1) is 23.2 Å². The predicted octanol–water partition coefficient (Wildman–Crippen LogP) is 7.80. The van der Waals surface area contributed by atoms with Crippen LogP contribution in [0.1, 0.15) is 76.8 Å². The van der Waals surface area contributed by atoms with E-state index in [1.165, 1.54) is 38.1 Å². The summed E-state index contributed by atoms with van der Waals surface area (Å²) in [5, 5.41) is 28.3. The molecule has 0 saturated carbocycles. The van der Waals surface area contributed by atoms with Crippen molar-refractivity contribution in [3.05, 3.63) is 177 Å². The molecule has 78 heavy (non-hydrogen) atoms. The van der Waals surface area contributed by atoms with E-state index in [9.17, 15) is 50.3 Å². The maximum Gasteiger partial charge on any atom is 0.416 e. The first kappa shape index (κ1) is 71.0. The van der Waals surface area contributed by atoms with Crippen LogP contribution in [0.5, 0.6) is 0 Å². The second-order valence-electron chi connectivity index (χ2n) is 16.9. The summed E-state index contributed by atoms with van der Waals surface area (Å²) in [7, 11) is 0. The summed E-state index contributed by atoms with van der Waals surface area (Å²) in [5.41, 5.74) is 20.3. The Kier molecular flexibility index (Phi) is 31.0. The van der Waals surface area contributed by atoms with Gasteiger partial charge in [-0.05, 0) is 91.6 Å². The van der Waals surface area contributed by atoms with Crippen molar-refractivity contribution < 1.29 is 55.1 Å². The number of nitrogens with one attached hydrogen (secondary N) is 7. The van der Waals surface area contributed by atoms with Crippen molar-refractivity contribution in [2.75, 3.05) is 0 Å². The lowest BCUT2D eigenvalue weighted by atomic mass is 10.0. The number of amidine groups is 2. The number of amides is 5. The van der Waals surface area contributed by atoms with E-state index in [4.69, 9.17) is 32.8 Å². The Labute approximate surface area is 471 Å². The molecule has 0 bridgehead atoms. The average molecular weight is 1180 g/mol. The summed E-state index contributed by atoms with van der Waals surface area (Å²) < 4.78 is 81.0. The molecule has 0 aliphatic rings. The van der Waals surface area contributed by atoms with E-state index in [0.717, 1.165) is 41.0 Å². The van der Waals surface area contributed by atoms with E-state index < -0.39 is 77.4 Å². The number of hydrogen-bond donors (Lipinski definition) is 10. The summed E-state index contributed by atoms with van der Waals surface area (Å²) in [6, 6.07) is 28.3. The lowest BCUT2D eigenvalue weighted by molar-refractivity contribution is -0.138. The van der Waals surface area contributed by atoms with Gasteiger partial charge in [-0.1, -0.05) is 103 Å². The van der Waals surface area contributed by atoms with Gasteiger partial charge in [-0.2, -0.15) is 26.3 Å². The smallest absolute Gasteiger partial charge is 0.416 e. The highest BCUT2D eigenvalue weighted by Gasteiger charge is 2.31. The minimum atomic E-state index is -4.42. The maximum absolute atomic E-state index is 12.7. The van der Waals surface area contributed by atoms with Crippen molar-refractivity contribution in [3.63, 3.8) is 0 Å². The molecular formula is C52H62Cl4F6N10O6. The molecule has 0 fully saturated rings. The lowest BCUT2D eigenvalue weighted by Gasteiger charge is -2.17. The first-order chi connectivity index (χ1) is 34.9. The third-order valence-electron chi connectivity index (χ3n) is 11.1. The molecule has 0 aliphatic heterocycles. The number of alkyl carbamates (subject to hydrolysis) is 1. The molecule has 0 saturated heterocycles. The third-order valence-corrected chi connectivity index (χ3v) is 11.1. The van der Waals surface area contributed by atoms with Gasteiger partial charge >= 0.3 is 18.4 Å². The molecule has 0 spiro atoms. The molecule has 5 rings (SSSR count). The van der Waals surface area contributed by atoms with Gasteiger partial charge in [0.25, 0.3) is 0 Å². The topological polar surface area (TPSA) is 280 Å². The van der Waals surface area contributed by atoms with Gasteiger partial charge in [0.15, 0.2) is 0 Å². The Hall–Kier alpha value is -6.95. The largest absolute Gasteiger partial charge is 0.444 e. The van der Waals surface area contributed by atoms with Gasteiger partial charge in [0.2, 0.25) is 23.6 Å². The first-order valence-electron chi connectivity index (χ1n) is 23.0. The highest BCUT2D eigenvalue weighted by Crippen LogP contribution is 2.30. The van der Waals surface area contributed by atoms with E-state index >= 15 is 0 Å². The van der Waals surface area contributed by atoms with Crippen LogP contribution < -0.4 is 43.8 Å². The number of nitrogens with two attached hydrogens (primary N) is 3. The third kappa shape index (κ3) is 24.6. The van der Waals surface area contributed by atoms with E-state index in [1.807, 2.05) is 30.3 Å². The Bertz CT molecular complexity index is 2690. The molecule has 0 radical (unpaired) electrons. The molecule has 26 heteroatoms. The van der Waals surface area contributed by atoms with Crippen molar-refractivity contribution in [2.24, 2.45) is 17.2 Å². The molecule has 13 N–H and O–H groups in total. The summed E-state index contributed by atoms with van der Waals surface area (Å²) in [4.78, 5) is 61.3. The second kappa shape index (κ2) is 34.0. The zero-order valence-corrected chi connectivity index (χ0v) is 45.2. The normalized spacial score (nSPS) is 12.1. The summed E-state index contributed by atoms with van der Waals surface area (Å²) >= 11 is 0. The minimum Gasteiger partial charge on any atom is -0.444 e. The fourth-order valence-corrected chi connectivity index (χ4v) is 6.61. The van der Waals surface area contributed by atoms with E-state index in [1.54, 1.807) is 48.5 Å². The number of carbonyl (C=O) groups excluding carboxylic acids is 5. The number of alkyl halides is 6. The molecule has 4 atom stereocenters. The van der Waals surface area contributed by atoms with Crippen LogP contribution in [0.4, 0.5) is 31.1 Å². The molecule has 5 aromatic carbocycles. The Morgan fingerprint density at radius 1 is 0.513 bits per heavy atom. The van der Waals surface area contributed by atoms with Gasteiger partial charge in [-0.3, -0.25) is 35.3 Å². The lowest BCUT2D eigenvalue weighted by Crippen LogP contribution is -2.50. The molecule has 5 amide bonds. The van der Waals surface area contributed by atoms with Crippen LogP contribution in [0, 0.1) is 10.8 Å². The molecule has 0 unspecified atom stereocenters. The molecule has 0 aliphatic carbocycles. The number of benzene rings is 5. The summed E-state index contributed by atoms with van der Waals surface area (Å²) in [5.74, 6) is -2.12. The second-order valence-corrected chi connectivity index (χ2v) is 16.9. The van der Waals surface area contributed by atoms with Crippen molar-refractivity contribution in [3.8, 4) is 0 Å². The van der Waals surface area contributed by atoms with Crippen LogP contribution in [-0.2, 0) is 68.8 Å². The first-order valence-corrected chi connectivity index (χ1v) is 23.0. The molecular weight excluding hydrogens is 1120 g/mol. The molecule has 5 aromatic rings. The highest BCUT2D eigenvalue weighted by molar-refractivity contribution is 6.04. The molecule has 426 valence electrons. The Morgan fingerprint density at radius 2 is 0.872 bits per heavy atom. The number of hydrogen-bond acceptors (Lipinski definition) is 10. The zero-order valence-electron chi connectivity index (χ0n) is 42.0. The van der Waals surface area contributed by atoms with E-state index in [0.29, 0.717) is 35.1 Å². The van der Waals surface area contributed by atoms with E-state index in [2.05, 4.69) is 26.6 Å². The zero-order chi connectivity index (χ0) is 54.6. The van der Waals surface area contributed by atoms with Gasteiger partial charge in [-0.25, -0.2) is 4.79 Å². The number of rotatable bonds is 20. The van der Waals surface area contributed by atoms with Gasteiger partial charge < -0.3 is 43.2 Å². The standard InChI is InChI=1S/C30H32F3N5O4.C22H26F3N5O2.4ClH/c1-19(37-28(40)25(34)16-11-20-9-14-24(15-10-20)30(31,32)33)27(39)36-17-21-7-12-23(13-8-21)26(35)38-29(41)42-18-22-5-3-2-4-6-22;1-13(20(31)29-12-15-2-7-16(8-3-15)19(27)28)30-21(32)18(26)11-6-14-4-9-17(10-5-14)22(23,24)25;;;;/h2-10,12-15,19,25H,11,16-18,34H2,1H3,(H,36,39)(H,37,40)(H2,35,38,41);2-5,7-10,13,18H,6,11-12,26H2,1H3,(H3,27,28)(H,29,31)(H,30,32);4*1H/t19-,25+;13-,18+;;;;/m00..../s1. The van der Waals surface area contributed by atoms with Crippen molar-refractivity contribution in [1.29, 1.82) is 10.8 Å². The van der Waals surface area contributed by atoms with Crippen molar-refractivity contribution in [2.45, 2.75) is 95.7 Å². The van der Waals surface area contributed by atoms with Crippen molar-refractivity contribution in [1.82, 2.24) is 26.6 Å². The molecule has 0 aromatic heterocycles. The highest BCUT2D eigenvalue weighted by atomic mass is 35.5. The van der Waals surface area contributed by atoms with Crippen LogP contribution >= 0.6 is 49.6 Å². The molecule has 16 nitrogen and oxygen atoms in total. The number of aryl methyl sites for hydroxylation is 2. The van der Waals surface area contributed by atoms with Crippen LogP contribution in [0.2, 0.25) is 0 Å². The van der Waals surface area contributed by atoms with Crippen molar-refractivity contribution >= 4 is 91.0 Å². The van der Waals surface area contributed by atoms with Gasteiger partial charge in [0.1, 0.15) is 30.4 Å². The predicted molar refractivity (Wildman–Crippen MR) is 294 cm³/mol. The summed E-state index contributed by atoms with van der Waals surface area (Å²) in [6.45, 7) is 3.49. The van der Waals surface area contributed by atoms with Crippen LogP contribution in [0.25, 0.3) is 0 Å². The van der Waals surface area contributed by atoms with E-state index in [-0.39, 0.29) is 93.8 Å². The minimum absolute atomic E-state index is 0. The fraction of sp³-hybridized carbons (Fsp3) is 0.288. The quantitative estimate of drug-likeness (QED) is 0.0207. The number of halogens is 10. The van der Waals surface area contributed by atoms with Gasteiger partial charge in [0, 0.05) is 24.2 Å². The average Bonchev–Trinajstić information content (AvgIpc) is 3.37. The number of ether oxygens (including phenoxy) is 1. The van der Waals surface area contributed by atoms with Gasteiger partial charge in [-0.15, -0.1) is 49.6 Å². The van der Waals surface area contributed by atoms with Crippen LogP contribution in [-0.4, -0.2) is 65.6 Å². The number of carbonyl (C=O) groups is 5. The number of nitrogen functional groups attached to an aromatic ring is 1. The monoisotopic (exact) mass is 1180 g/mol. The fourth-order valence-electron chi connectivity index (χ4n) is 6.61. The molecule has 0 heterocycles. The SMILES string of the molecule is C[C@H](NC(=O)[C@H](N)CCc1ccc(C(F)(F)F)cc1)C(=O)NCc1ccc(C(=N)N)cc1.C[C@H](NC(=O)[C@H](N)CCc1ccc(C(F)(F)F)cc1)C(=O)NCc1ccc(C(=N)NC(=O)OCc2ccccc2)cc1.Cl.Cl.Cl.Cl. The Morgan fingerprint density at radius 3 is 1.23 bits per heavy atom.